The molecule has 2 fully saturated rings. The van der Waals surface area contributed by atoms with Crippen molar-refractivity contribution in [1.82, 2.24) is 21.3 Å². The van der Waals surface area contributed by atoms with Crippen molar-refractivity contribution in [2.75, 3.05) is 19.7 Å². The molecular weight excluding hydrogens is 461 g/mol. The third kappa shape index (κ3) is 8.58. The van der Waals surface area contributed by atoms with E-state index in [-0.39, 0.29) is 24.7 Å². The second-order valence-electron chi connectivity index (χ2n) is 8.95. The quantitative estimate of drug-likeness (QED) is 0.303. The molecule has 13 heteroatoms. The van der Waals surface area contributed by atoms with Crippen molar-refractivity contribution in [3.05, 3.63) is 0 Å². The molecule has 4 atom stereocenters. The number of hydrogen-bond acceptors (Lipinski definition) is 6. The Morgan fingerprint density at radius 3 is 2.26 bits per heavy atom. The van der Waals surface area contributed by atoms with Gasteiger partial charge in [0.1, 0.15) is 18.6 Å². The summed E-state index contributed by atoms with van der Waals surface area (Å²) in [5, 5.41) is 10.1. The third-order valence-corrected chi connectivity index (χ3v) is 5.71. The van der Waals surface area contributed by atoms with Crippen molar-refractivity contribution in [1.29, 1.82) is 0 Å². The summed E-state index contributed by atoms with van der Waals surface area (Å²) in [6.45, 7) is 3.07. The summed E-state index contributed by atoms with van der Waals surface area (Å²) >= 11 is 0. The fraction of sp³-hybridized carbons (Fsp3) is 0.762. The number of carbonyl (C=O) groups is 5. The Morgan fingerprint density at radius 1 is 1.03 bits per heavy atom. The van der Waals surface area contributed by atoms with Gasteiger partial charge in [0.2, 0.25) is 23.6 Å². The molecule has 2 heterocycles. The van der Waals surface area contributed by atoms with Gasteiger partial charge in [-0.3, -0.25) is 28.7 Å². The summed E-state index contributed by atoms with van der Waals surface area (Å²) in [5.41, 5.74) is 0. The smallest absolute Gasteiger partial charge is 0.356 e. The lowest BCUT2D eigenvalue weighted by molar-refractivity contribution is -0.321. The van der Waals surface area contributed by atoms with E-state index >= 15 is 0 Å². The number of piperidine rings is 1. The number of halogens is 3. The molecule has 192 valence electrons. The topological polar surface area (TPSA) is 143 Å². The Bertz CT molecular complexity index is 789. The molecule has 0 aromatic carbocycles. The van der Waals surface area contributed by atoms with Crippen LogP contribution < -0.4 is 21.3 Å². The standard InChI is InChI=1S/C21H31F3N4O6/c1-11(2)8-15(28-19(32)13-4-3-6-25-18(13)31)20(33)27-14(9-12-5-7-26-17(12)30)16(29)10-34-21(22,23)24/h11-15H,3-10H2,1-2H3,(H,25,31)(H,26,30)(H,27,33)(H,28,32)/t12-,13?,14-,15-/m0/s1. The maximum Gasteiger partial charge on any atom is 0.522 e. The van der Waals surface area contributed by atoms with Crippen LogP contribution in [0.15, 0.2) is 0 Å². The predicted octanol–water partition coefficient (Wildman–Crippen LogP) is 0.160. The minimum Gasteiger partial charge on any atom is -0.356 e. The van der Waals surface area contributed by atoms with Gasteiger partial charge in [0.05, 0.1) is 6.04 Å². The summed E-state index contributed by atoms with van der Waals surface area (Å²) in [6, 6.07) is -2.55. The van der Waals surface area contributed by atoms with Gasteiger partial charge in [-0.2, -0.15) is 0 Å². The van der Waals surface area contributed by atoms with Gasteiger partial charge in [-0.05, 0) is 38.0 Å². The van der Waals surface area contributed by atoms with E-state index in [1.54, 1.807) is 13.8 Å². The summed E-state index contributed by atoms with van der Waals surface area (Å²) in [5.74, 6) is -4.99. The van der Waals surface area contributed by atoms with Crippen molar-refractivity contribution < 1.29 is 41.9 Å². The molecule has 10 nitrogen and oxygen atoms in total. The van der Waals surface area contributed by atoms with Gasteiger partial charge in [0.25, 0.3) is 0 Å². The van der Waals surface area contributed by atoms with Crippen LogP contribution >= 0.6 is 0 Å². The maximum atomic E-state index is 13.0. The highest BCUT2D eigenvalue weighted by atomic mass is 19.4. The fourth-order valence-electron chi connectivity index (χ4n) is 3.95. The fourth-order valence-corrected chi connectivity index (χ4v) is 3.95. The second-order valence-corrected chi connectivity index (χ2v) is 8.95. The zero-order valence-corrected chi connectivity index (χ0v) is 19.1. The minimum absolute atomic E-state index is 0.0699. The van der Waals surface area contributed by atoms with Crippen molar-refractivity contribution in [3.8, 4) is 0 Å². The Morgan fingerprint density at radius 2 is 1.71 bits per heavy atom. The zero-order chi connectivity index (χ0) is 25.5. The molecule has 4 amide bonds. The number of hydrogen-bond donors (Lipinski definition) is 4. The molecule has 2 rings (SSSR count). The molecule has 1 unspecified atom stereocenters. The Labute approximate surface area is 195 Å². The van der Waals surface area contributed by atoms with E-state index in [1.807, 2.05) is 0 Å². The first-order valence-corrected chi connectivity index (χ1v) is 11.3. The van der Waals surface area contributed by atoms with Crippen LogP contribution in [0.4, 0.5) is 13.2 Å². The van der Waals surface area contributed by atoms with Crippen LogP contribution in [0.5, 0.6) is 0 Å². The lowest BCUT2D eigenvalue weighted by Gasteiger charge is -2.27. The van der Waals surface area contributed by atoms with Crippen LogP contribution in [0.2, 0.25) is 0 Å². The van der Waals surface area contributed by atoms with E-state index in [0.29, 0.717) is 32.4 Å². The third-order valence-electron chi connectivity index (χ3n) is 5.71. The van der Waals surface area contributed by atoms with Gasteiger partial charge in [-0.25, -0.2) is 0 Å². The van der Waals surface area contributed by atoms with E-state index < -0.39 is 60.4 Å². The Balaban J connectivity index is 2.12. The number of ketones is 1. The number of alkyl halides is 3. The summed E-state index contributed by atoms with van der Waals surface area (Å²) in [6.07, 6.45) is -3.80. The average molecular weight is 492 g/mol. The molecule has 0 aliphatic carbocycles. The molecular formula is C21H31F3N4O6. The van der Waals surface area contributed by atoms with Gasteiger partial charge < -0.3 is 21.3 Å². The lowest BCUT2D eigenvalue weighted by atomic mass is 9.94. The molecule has 0 aromatic heterocycles. The van der Waals surface area contributed by atoms with Gasteiger partial charge in [-0.1, -0.05) is 13.8 Å². The van der Waals surface area contributed by atoms with Crippen LogP contribution in [0.25, 0.3) is 0 Å². The number of Topliss-reactive ketones (excluding diaryl/α,β-unsaturated/α-hetero) is 1. The first kappa shape index (κ1) is 27.5. The average Bonchev–Trinajstić information content (AvgIpc) is 3.14. The van der Waals surface area contributed by atoms with Crippen LogP contribution in [-0.4, -0.2) is 67.6 Å². The first-order chi connectivity index (χ1) is 15.9. The largest absolute Gasteiger partial charge is 0.522 e. The molecule has 0 saturated carbocycles. The van der Waals surface area contributed by atoms with Crippen LogP contribution in [-0.2, 0) is 28.7 Å². The van der Waals surface area contributed by atoms with Crippen molar-refractivity contribution >= 4 is 29.4 Å². The van der Waals surface area contributed by atoms with Crippen molar-refractivity contribution in [2.24, 2.45) is 17.8 Å². The monoisotopic (exact) mass is 492 g/mol. The maximum absolute atomic E-state index is 13.0. The van der Waals surface area contributed by atoms with Crippen molar-refractivity contribution in [2.45, 2.75) is 64.4 Å². The normalized spacial score (nSPS) is 22.5. The number of carbonyl (C=O) groups excluding carboxylic acids is 5. The van der Waals surface area contributed by atoms with Gasteiger partial charge >= 0.3 is 6.36 Å². The SMILES string of the molecule is CC(C)C[C@H](NC(=O)C1CCCNC1=O)C(=O)N[C@@H](C[C@@H]1CCNC1=O)C(=O)COC(F)(F)F. The highest BCUT2D eigenvalue weighted by Gasteiger charge is 2.37. The molecule has 34 heavy (non-hydrogen) atoms. The van der Waals surface area contributed by atoms with Crippen LogP contribution in [0.3, 0.4) is 0 Å². The molecule has 0 spiro atoms. The number of nitrogens with one attached hydrogen (secondary N) is 4. The van der Waals surface area contributed by atoms with Gasteiger partial charge in [0, 0.05) is 19.0 Å². The summed E-state index contributed by atoms with van der Waals surface area (Å²) in [4.78, 5) is 62.0. The summed E-state index contributed by atoms with van der Waals surface area (Å²) < 4.78 is 40.9. The highest BCUT2D eigenvalue weighted by Crippen LogP contribution is 2.20. The van der Waals surface area contributed by atoms with Crippen LogP contribution in [0, 0.1) is 17.8 Å². The Hall–Kier alpha value is -2.70. The number of rotatable bonds is 11. The van der Waals surface area contributed by atoms with Crippen LogP contribution in [0.1, 0.15) is 46.0 Å². The van der Waals surface area contributed by atoms with E-state index in [2.05, 4.69) is 26.0 Å². The van der Waals surface area contributed by atoms with E-state index in [4.69, 9.17) is 0 Å². The van der Waals surface area contributed by atoms with E-state index in [0.717, 1.165) is 0 Å². The number of amides is 4. The minimum atomic E-state index is -5.04. The molecule has 2 saturated heterocycles. The molecule has 2 aliphatic heterocycles. The van der Waals surface area contributed by atoms with Gasteiger partial charge in [-0.15, -0.1) is 13.2 Å². The number of ether oxygens (including phenoxy) is 1. The van der Waals surface area contributed by atoms with Crippen molar-refractivity contribution in [3.63, 3.8) is 0 Å². The Kier molecular flexibility index (Phi) is 9.83. The molecule has 0 bridgehead atoms. The van der Waals surface area contributed by atoms with E-state index in [1.165, 1.54) is 0 Å². The molecule has 0 radical (unpaired) electrons. The molecule has 4 N–H and O–H groups in total. The lowest BCUT2D eigenvalue weighted by Crippen LogP contribution is -2.55. The molecule has 2 aliphatic rings. The van der Waals surface area contributed by atoms with Gasteiger partial charge in [0.15, 0.2) is 5.78 Å². The second kappa shape index (κ2) is 12.1. The predicted molar refractivity (Wildman–Crippen MR) is 112 cm³/mol. The highest BCUT2D eigenvalue weighted by molar-refractivity contribution is 6.02. The first-order valence-electron chi connectivity index (χ1n) is 11.3. The van der Waals surface area contributed by atoms with E-state index in [9.17, 15) is 37.1 Å². The molecule has 0 aromatic rings. The summed E-state index contributed by atoms with van der Waals surface area (Å²) in [7, 11) is 0. The zero-order valence-electron chi connectivity index (χ0n) is 19.1.